The zero-order valence-electron chi connectivity index (χ0n) is 11.9. The van der Waals surface area contributed by atoms with Crippen LogP contribution in [0.15, 0.2) is 0 Å². The molecule has 3 atom stereocenters. The molecule has 0 spiro atoms. The number of carbonyl (C=O) groups excluding carboxylic acids is 1. The third kappa shape index (κ3) is 3.47. The van der Waals surface area contributed by atoms with Gasteiger partial charge in [-0.15, -0.1) is 0 Å². The number of aliphatic carboxylic acids is 1. The Bertz CT molecular complexity index is 357. The summed E-state index contributed by atoms with van der Waals surface area (Å²) in [6, 6.07) is 0.248. The van der Waals surface area contributed by atoms with Crippen molar-refractivity contribution in [3.8, 4) is 0 Å². The highest BCUT2D eigenvalue weighted by Crippen LogP contribution is 2.35. The zero-order chi connectivity index (χ0) is 14.5. The van der Waals surface area contributed by atoms with Crippen LogP contribution in [-0.2, 0) is 14.3 Å². The van der Waals surface area contributed by atoms with Crippen LogP contribution in [0, 0.1) is 11.8 Å². The molecule has 1 aliphatic heterocycles. The van der Waals surface area contributed by atoms with E-state index in [-0.39, 0.29) is 17.9 Å². The number of carboxylic acids is 1. The standard InChI is InChI=1S/C14H23NO4S/c1-19-7-6-15(10-5-8-20-9-10)13(16)11-3-2-4-12(11)14(17)18/h10-12H,2-9H2,1H3,(H,17,18)/t10?,11-,12+/m1/s1. The minimum atomic E-state index is -0.826. The van der Waals surface area contributed by atoms with Gasteiger partial charge in [0, 0.05) is 25.4 Å². The van der Waals surface area contributed by atoms with Crippen LogP contribution >= 0.6 is 11.8 Å². The van der Waals surface area contributed by atoms with Crippen molar-refractivity contribution in [3.05, 3.63) is 0 Å². The molecule has 6 heteroatoms. The number of ether oxygens (including phenoxy) is 1. The van der Waals surface area contributed by atoms with Crippen LogP contribution in [0.5, 0.6) is 0 Å². The molecule has 1 aliphatic carbocycles. The van der Waals surface area contributed by atoms with Gasteiger partial charge in [-0.2, -0.15) is 11.8 Å². The lowest BCUT2D eigenvalue weighted by Crippen LogP contribution is -2.46. The fraction of sp³-hybridized carbons (Fsp3) is 0.857. The third-order valence-electron chi connectivity index (χ3n) is 4.32. The summed E-state index contributed by atoms with van der Waals surface area (Å²) in [7, 11) is 1.63. The summed E-state index contributed by atoms with van der Waals surface area (Å²) in [5, 5.41) is 9.26. The monoisotopic (exact) mass is 301 g/mol. The van der Waals surface area contributed by atoms with Crippen molar-refractivity contribution in [1.82, 2.24) is 4.90 Å². The van der Waals surface area contributed by atoms with E-state index < -0.39 is 11.9 Å². The lowest BCUT2D eigenvalue weighted by Gasteiger charge is -2.32. The summed E-state index contributed by atoms with van der Waals surface area (Å²) in [5.41, 5.74) is 0. The van der Waals surface area contributed by atoms with Crippen molar-refractivity contribution in [1.29, 1.82) is 0 Å². The van der Waals surface area contributed by atoms with Crippen molar-refractivity contribution >= 4 is 23.6 Å². The molecule has 1 saturated heterocycles. The second kappa shape index (κ2) is 7.31. The van der Waals surface area contributed by atoms with Gasteiger partial charge in [0.15, 0.2) is 0 Å². The summed E-state index contributed by atoms with van der Waals surface area (Å²) >= 11 is 1.86. The fourth-order valence-electron chi connectivity index (χ4n) is 3.19. The molecule has 2 rings (SSSR count). The quantitative estimate of drug-likeness (QED) is 0.804. The molecule has 1 heterocycles. The molecule has 1 amide bonds. The number of rotatable bonds is 6. The van der Waals surface area contributed by atoms with Gasteiger partial charge < -0.3 is 14.7 Å². The second-order valence-corrected chi connectivity index (χ2v) is 6.67. The minimum Gasteiger partial charge on any atom is -0.481 e. The molecule has 0 aromatic rings. The van der Waals surface area contributed by atoms with E-state index in [1.54, 1.807) is 7.11 Å². The molecular formula is C14H23NO4S. The molecule has 114 valence electrons. The predicted octanol–water partition coefficient (Wildman–Crippen LogP) is 1.47. The number of hydrogen-bond acceptors (Lipinski definition) is 4. The smallest absolute Gasteiger partial charge is 0.307 e. The van der Waals surface area contributed by atoms with Crippen LogP contribution in [0.2, 0.25) is 0 Å². The number of carbonyl (C=O) groups is 2. The molecule has 2 aliphatic rings. The highest BCUT2D eigenvalue weighted by Gasteiger charge is 2.41. The van der Waals surface area contributed by atoms with Crippen LogP contribution in [0.4, 0.5) is 0 Å². The van der Waals surface area contributed by atoms with E-state index in [0.29, 0.717) is 26.0 Å². The van der Waals surface area contributed by atoms with Crippen molar-refractivity contribution in [2.45, 2.75) is 31.7 Å². The van der Waals surface area contributed by atoms with E-state index >= 15 is 0 Å². The van der Waals surface area contributed by atoms with Crippen molar-refractivity contribution < 1.29 is 19.4 Å². The highest BCUT2D eigenvalue weighted by atomic mass is 32.2. The maximum absolute atomic E-state index is 12.8. The van der Waals surface area contributed by atoms with Gasteiger partial charge in [0.05, 0.1) is 18.4 Å². The lowest BCUT2D eigenvalue weighted by atomic mass is 9.94. The predicted molar refractivity (Wildman–Crippen MR) is 77.8 cm³/mol. The average molecular weight is 301 g/mol. The Labute approximate surface area is 124 Å². The van der Waals surface area contributed by atoms with Crippen molar-refractivity contribution in [3.63, 3.8) is 0 Å². The minimum absolute atomic E-state index is 0.0273. The van der Waals surface area contributed by atoms with E-state index in [0.717, 1.165) is 24.3 Å². The molecule has 0 radical (unpaired) electrons. The summed E-state index contributed by atoms with van der Waals surface area (Å²) in [6.07, 6.45) is 3.18. The van der Waals surface area contributed by atoms with E-state index in [9.17, 15) is 14.7 Å². The van der Waals surface area contributed by atoms with E-state index in [4.69, 9.17) is 4.74 Å². The topological polar surface area (TPSA) is 66.8 Å². The zero-order valence-corrected chi connectivity index (χ0v) is 12.7. The Morgan fingerprint density at radius 3 is 2.65 bits per heavy atom. The molecule has 1 unspecified atom stereocenters. The summed E-state index contributed by atoms with van der Waals surface area (Å²) in [5.74, 6) is 0.401. The molecule has 20 heavy (non-hydrogen) atoms. The molecule has 0 aromatic carbocycles. The molecular weight excluding hydrogens is 278 g/mol. The first kappa shape index (κ1) is 15.6. The molecule has 0 aromatic heterocycles. The van der Waals surface area contributed by atoms with Crippen molar-refractivity contribution in [2.24, 2.45) is 11.8 Å². The molecule has 1 N–H and O–H groups in total. The fourth-order valence-corrected chi connectivity index (χ4v) is 4.42. The second-order valence-electron chi connectivity index (χ2n) is 5.52. The maximum atomic E-state index is 12.8. The largest absolute Gasteiger partial charge is 0.481 e. The highest BCUT2D eigenvalue weighted by molar-refractivity contribution is 7.99. The molecule has 1 saturated carbocycles. The van der Waals surface area contributed by atoms with Gasteiger partial charge in [0.25, 0.3) is 0 Å². The van der Waals surface area contributed by atoms with Gasteiger partial charge in [-0.3, -0.25) is 9.59 Å². The Hall–Kier alpha value is -0.750. The lowest BCUT2D eigenvalue weighted by molar-refractivity contribution is -0.150. The average Bonchev–Trinajstić information content (AvgIpc) is 3.10. The van der Waals surface area contributed by atoms with Crippen molar-refractivity contribution in [2.75, 3.05) is 31.8 Å². The summed E-state index contributed by atoms with van der Waals surface area (Å²) in [6.45, 7) is 1.08. The Balaban J connectivity index is 2.06. The normalized spacial score (nSPS) is 29.6. The SMILES string of the molecule is COCCN(C(=O)[C@@H]1CCC[C@@H]1C(=O)O)C1CCSC1. The number of nitrogens with zero attached hydrogens (tertiary/aromatic N) is 1. The number of thioether (sulfide) groups is 1. The molecule has 0 bridgehead atoms. The van der Waals surface area contributed by atoms with E-state index in [1.807, 2.05) is 16.7 Å². The van der Waals surface area contributed by atoms with Gasteiger partial charge >= 0.3 is 5.97 Å². The maximum Gasteiger partial charge on any atom is 0.307 e. The van der Waals surface area contributed by atoms with Gasteiger partial charge in [0.1, 0.15) is 0 Å². The van der Waals surface area contributed by atoms with Crippen LogP contribution in [0.1, 0.15) is 25.7 Å². The summed E-state index contributed by atoms with van der Waals surface area (Å²) < 4.78 is 5.10. The number of amides is 1. The van der Waals surface area contributed by atoms with Crippen LogP contribution < -0.4 is 0 Å². The third-order valence-corrected chi connectivity index (χ3v) is 5.46. The first-order valence-corrected chi connectivity index (χ1v) is 8.40. The first-order chi connectivity index (χ1) is 9.65. The number of methoxy groups -OCH3 is 1. The Morgan fingerprint density at radius 1 is 1.30 bits per heavy atom. The molecule has 5 nitrogen and oxygen atoms in total. The van der Waals surface area contributed by atoms with Crippen LogP contribution in [-0.4, -0.2) is 59.7 Å². The van der Waals surface area contributed by atoms with E-state index in [1.165, 1.54) is 0 Å². The van der Waals surface area contributed by atoms with Gasteiger partial charge in [-0.25, -0.2) is 0 Å². The number of hydrogen-bond donors (Lipinski definition) is 1. The van der Waals surface area contributed by atoms with Crippen LogP contribution in [0.25, 0.3) is 0 Å². The molecule has 2 fully saturated rings. The van der Waals surface area contributed by atoms with Gasteiger partial charge in [-0.1, -0.05) is 6.42 Å². The van der Waals surface area contributed by atoms with Crippen LogP contribution in [0.3, 0.4) is 0 Å². The summed E-state index contributed by atoms with van der Waals surface area (Å²) in [4.78, 5) is 25.9. The van der Waals surface area contributed by atoms with E-state index in [2.05, 4.69) is 0 Å². The van der Waals surface area contributed by atoms with Gasteiger partial charge in [-0.05, 0) is 25.0 Å². The number of carboxylic acid groups (broad SMARTS) is 1. The Morgan fingerprint density at radius 2 is 2.05 bits per heavy atom. The first-order valence-electron chi connectivity index (χ1n) is 7.25. The van der Waals surface area contributed by atoms with Gasteiger partial charge in [0.2, 0.25) is 5.91 Å². The Kier molecular flexibility index (Phi) is 5.72.